The predicted molar refractivity (Wildman–Crippen MR) is 79.0 cm³/mol. The summed E-state index contributed by atoms with van der Waals surface area (Å²) in [5.74, 6) is 0. The molecule has 0 radical (unpaired) electrons. The smallest absolute Gasteiger partial charge is 0.361 e. The molecule has 0 aliphatic carbocycles. The highest BCUT2D eigenvalue weighted by molar-refractivity contribution is 6.33. The Bertz CT molecular complexity index is 749. The number of alkyl halides is 3. The van der Waals surface area contributed by atoms with Crippen LogP contribution < -0.4 is 0 Å². The lowest BCUT2D eigenvalue weighted by Gasteiger charge is -2.15. The van der Waals surface area contributed by atoms with Gasteiger partial charge in [-0.05, 0) is 19.1 Å². The first-order chi connectivity index (χ1) is 10.8. The van der Waals surface area contributed by atoms with E-state index in [1.165, 1.54) is 18.3 Å². The highest BCUT2D eigenvalue weighted by atomic mass is 35.5. The number of nitrogens with zero attached hydrogens (tertiary/aromatic N) is 3. The van der Waals surface area contributed by atoms with E-state index in [4.69, 9.17) is 27.9 Å². The molecule has 0 amide bonds. The third-order valence-electron chi connectivity index (χ3n) is 3.01. The van der Waals surface area contributed by atoms with Gasteiger partial charge in [0.25, 0.3) is 0 Å². The summed E-state index contributed by atoms with van der Waals surface area (Å²) in [4.78, 5) is 3.83. The van der Waals surface area contributed by atoms with Gasteiger partial charge < -0.3 is 9.30 Å². The number of nitriles is 1. The molecule has 0 atom stereocenters. The summed E-state index contributed by atoms with van der Waals surface area (Å²) >= 11 is 11.5. The minimum Gasteiger partial charge on any atom is -0.361 e. The summed E-state index contributed by atoms with van der Waals surface area (Å²) in [6.07, 6.45) is -3.46. The Morgan fingerprint density at radius 2 is 2.04 bits per heavy atom. The average molecular weight is 364 g/mol. The van der Waals surface area contributed by atoms with E-state index in [0.717, 1.165) is 4.57 Å². The van der Waals surface area contributed by atoms with Crippen LogP contribution in [0.3, 0.4) is 0 Å². The number of pyridine rings is 1. The van der Waals surface area contributed by atoms with Crippen molar-refractivity contribution in [3.63, 3.8) is 0 Å². The Morgan fingerprint density at radius 1 is 1.35 bits per heavy atom. The number of aromatic nitrogens is 2. The molecule has 2 heterocycles. The largest absolute Gasteiger partial charge is 0.433 e. The summed E-state index contributed by atoms with van der Waals surface area (Å²) in [5.41, 5.74) is -1.15. The zero-order valence-corrected chi connectivity index (χ0v) is 13.3. The Hall–Kier alpha value is -1.75. The second kappa shape index (κ2) is 6.79. The number of rotatable bonds is 4. The van der Waals surface area contributed by atoms with E-state index >= 15 is 0 Å². The van der Waals surface area contributed by atoms with Crippen molar-refractivity contribution in [2.24, 2.45) is 0 Å². The maximum atomic E-state index is 13.3. The highest BCUT2D eigenvalue weighted by Gasteiger charge is 2.41. The first kappa shape index (κ1) is 17.6. The maximum Gasteiger partial charge on any atom is 0.433 e. The summed E-state index contributed by atoms with van der Waals surface area (Å²) < 4.78 is 45.9. The van der Waals surface area contributed by atoms with Crippen LogP contribution in [0.4, 0.5) is 13.2 Å². The molecule has 4 nitrogen and oxygen atoms in total. The number of ether oxygens (including phenoxy) is 1. The van der Waals surface area contributed by atoms with Gasteiger partial charge in [0, 0.05) is 18.4 Å². The van der Waals surface area contributed by atoms with Gasteiger partial charge in [0.15, 0.2) is 0 Å². The van der Waals surface area contributed by atoms with Crippen LogP contribution in [0.2, 0.25) is 10.2 Å². The van der Waals surface area contributed by atoms with Crippen LogP contribution in [0.5, 0.6) is 0 Å². The number of hydrogen-bond acceptors (Lipinski definition) is 3. The topological polar surface area (TPSA) is 50.8 Å². The monoisotopic (exact) mass is 363 g/mol. The van der Waals surface area contributed by atoms with E-state index < -0.39 is 23.6 Å². The van der Waals surface area contributed by atoms with E-state index in [2.05, 4.69) is 4.98 Å². The van der Waals surface area contributed by atoms with Gasteiger partial charge in [-0.3, -0.25) is 0 Å². The fourth-order valence-electron chi connectivity index (χ4n) is 2.09. The van der Waals surface area contributed by atoms with Crippen molar-refractivity contribution in [2.75, 3.05) is 6.61 Å². The van der Waals surface area contributed by atoms with Crippen LogP contribution in [0.15, 0.2) is 18.3 Å². The van der Waals surface area contributed by atoms with Crippen molar-refractivity contribution in [3.8, 4) is 17.3 Å². The van der Waals surface area contributed by atoms with Crippen LogP contribution in [0.25, 0.3) is 11.3 Å². The van der Waals surface area contributed by atoms with Crippen LogP contribution in [-0.4, -0.2) is 16.2 Å². The van der Waals surface area contributed by atoms with Crippen LogP contribution in [-0.2, 0) is 17.6 Å². The standard InChI is InChI=1S/C14H10Cl2F3N3O/c1-2-23-7-22-12(8-3-4-10(15)21-6-8)9(5-20)11(16)13(22)14(17,18)19/h3-4,6H,2,7H2,1H3. The van der Waals surface area contributed by atoms with Crippen LogP contribution in [0, 0.1) is 11.3 Å². The van der Waals surface area contributed by atoms with Crippen LogP contribution in [0.1, 0.15) is 18.2 Å². The van der Waals surface area contributed by atoms with E-state index in [1.54, 1.807) is 13.0 Å². The average Bonchev–Trinajstić information content (AvgIpc) is 2.77. The van der Waals surface area contributed by atoms with Gasteiger partial charge in [-0.1, -0.05) is 23.2 Å². The van der Waals surface area contributed by atoms with Gasteiger partial charge in [0.1, 0.15) is 23.6 Å². The van der Waals surface area contributed by atoms with Crippen molar-refractivity contribution in [3.05, 3.63) is 39.8 Å². The van der Waals surface area contributed by atoms with Crippen molar-refractivity contribution in [1.82, 2.24) is 9.55 Å². The molecular formula is C14H10Cl2F3N3O. The second-order valence-electron chi connectivity index (χ2n) is 4.42. The zero-order valence-electron chi connectivity index (χ0n) is 11.8. The van der Waals surface area contributed by atoms with Gasteiger partial charge >= 0.3 is 6.18 Å². The fourth-order valence-corrected chi connectivity index (χ4v) is 2.55. The third kappa shape index (κ3) is 3.44. The second-order valence-corrected chi connectivity index (χ2v) is 5.18. The zero-order chi connectivity index (χ0) is 17.2. The lowest BCUT2D eigenvalue weighted by Crippen LogP contribution is -2.16. The third-order valence-corrected chi connectivity index (χ3v) is 3.60. The Morgan fingerprint density at radius 3 is 2.52 bits per heavy atom. The molecule has 23 heavy (non-hydrogen) atoms. The molecule has 2 aromatic heterocycles. The Balaban J connectivity index is 2.77. The summed E-state index contributed by atoms with van der Waals surface area (Å²) in [6.45, 7) is 1.45. The lowest BCUT2D eigenvalue weighted by atomic mass is 10.1. The first-order valence-electron chi connectivity index (χ1n) is 6.40. The minimum atomic E-state index is -4.74. The molecule has 0 fully saturated rings. The quantitative estimate of drug-likeness (QED) is 0.737. The molecule has 0 aliphatic rings. The molecule has 2 aromatic rings. The summed E-state index contributed by atoms with van der Waals surface area (Å²) in [7, 11) is 0. The molecule has 9 heteroatoms. The van der Waals surface area contributed by atoms with E-state index in [9.17, 15) is 18.4 Å². The van der Waals surface area contributed by atoms with Crippen molar-refractivity contribution in [2.45, 2.75) is 19.8 Å². The summed E-state index contributed by atoms with van der Waals surface area (Å²) in [5, 5.41) is 8.76. The van der Waals surface area contributed by atoms with Crippen LogP contribution >= 0.6 is 23.2 Å². The van der Waals surface area contributed by atoms with Gasteiger partial charge in [-0.15, -0.1) is 0 Å². The Kier molecular flexibility index (Phi) is 5.19. The van der Waals surface area contributed by atoms with E-state index in [-0.39, 0.29) is 28.6 Å². The Labute approximate surface area is 140 Å². The molecule has 0 saturated heterocycles. The molecule has 0 bridgehead atoms. The maximum absolute atomic E-state index is 13.3. The SMILES string of the molecule is CCOCn1c(-c2ccc(Cl)nc2)c(C#N)c(Cl)c1C(F)(F)F. The molecular weight excluding hydrogens is 354 g/mol. The van der Waals surface area contributed by atoms with Gasteiger partial charge in [-0.25, -0.2) is 4.98 Å². The number of halogens is 5. The number of hydrogen-bond donors (Lipinski definition) is 0. The van der Waals surface area contributed by atoms with Crippen molar-refractivity contribution >= 4 is 23.2 Å². The lowest BCUT2D eigenvalue weighted by molar-refractivity contribution is -0.145. The van der Waals surface area contributed by atoms with Crippen molar-refractivity contribution < 1.29 is 17.9 Å². The minimum absolute atomic E-state index is 0.0116. The predicted octanol–water partition coefficient (Wildman–Crippen LogP) is 4.74. The molecule has 0 saturated carbocycles. The van der Waals surface area contributed by atoms with Gasteiger partial charge in [0.2, 0.25) is 0 Å². The fraction of sp³-hybridized carbons (Fsp3) is 0.286. The first-order valence-corrected chi connectivity index (χ1v) is 7.15. The molecule has 0 spiro atoms. The van der Waals surface area contributed by atoms with E-state index in [0.29, 0.717) is 0 Å². The van der Waals surface area contributed by atoms with E-state index in [1.807, 2.05) is 0 Å². The molecule has 0 aromatic carbocycles. The highest BCUT2D eigenvalue weighted by Crippen LogP contribution is 2.42. The van der Waals surface area contributed by atoms with Crippen molar-refractivity contribution in [1.29, 1.82) is 5.26 Å². The van der Waals surface area contributed by atoms with Gasteiger partial charge in [-0.2, -0.15) is 18.4 Å². The molecule has 0 N–H and O–H groups in total. The normalized spacial score (nSPS) is 11.5. The molecule has 0 aliphatic heterocycles. The van der Waals surface area contributed by atoms with Gasteiger partial charge in [0.05, 0.1) is 16.3 Å². The molecule has 0 unspecified atom stereocenters. The molecule has 122 valence electrons. The summed E-state index contributed by atoms with van der Waals surface area (Å²) in [6, 6.07) is 4.59. The molecule has 2 rings (SSSR count).